The molecule has 0 heterocycles. The molecule has 0 aliphatic carbocycles. The summed E-state index contributed by atoms with van der Waals surface area (Å²) in [6.07, 6.45) is 4.20. The number of carbonyl (C=O) groups excluding carboxylic acids is 1. The van der Waals surface area contributed by atoms with Crippen molar-refractivity contribution in [1.82, 2.24) is 0 Å². The van der Waals surface area contributed by atoms with E-state index >= 15 is 0 Å². The largest absolute Gasteiger partial charge is 0.497 e. The van der Waals surface area contributed by atoms with Crippen molar-refractivity contribution in [3.05, 3.63) is 24.3 Å². The standard InChI is InChI=1S/C17H25NO5S3/c1-14(24-12-6-4-5-7-13-25-15(2)19)18-23-26(20,21)17-10-8-16(22-3)9-11-17/h8-11H,4-7,12-13H2,1-3H3/b18-14-. The summed E-state index contributed by atoms with van der Waals surface area (Å²) in [5.41, 5.74) is 0. The molecule has 0 aromatic heterocycles. The highest BCUT2D eigenvalue weighted by atomic mass is 32.2. The summed E-state index contributed by atoms with van der Waals surface area (Å²) in [4.78, 5) is 10.8. The third kappa shape index (κ3) is 9.49. The lowest BCUT2D eigenvalue weighted by Crippen LogP contribution is -2.03. The summed E-state index contributed by atoms with van der Waals surface area (Å²) < 4.78 is 33.9. The van der Waals surface area contributed by atoms with Gasteiger partial charge in [0, 0.05) is 12.7 Å². The lowest BCUT2D eigenvalue weighted by atomic mass is 10.2. The van der Waals surface area contributed by atoms with E-state index in [1.807, 2.05) is 0 Å². The molecule has 0 saturated heterocycles. The molecule has 146 valence electrons. The van der Waals surface area contributed by atoms with Crippen LogP contribution in [-0.4, -0.2) is 37.2 Å². The minimum Gasteiger partial charge on any atom is -0.497 e. The molecule has 0 spiro atoms. The van der Waals surface area contributed by atoms with Crippen LogP contribution in [0.2, 0.25) is 0 Å². The molecule has 26 heavy (non-hydrogen) atoms. The van der Waals surface area contributed by atoms with Crippen molar-refractivity contribution in [2.45, 2.75) is 44.4 Å². The van der Waals surface area contributed by atoms with Crippen molar-refractivity contribution in [1.29, 1.82) is 0 Å². The Kier molecular flexibility index (Phi) is 10.8. The maximum atomic E-state index is 12.1. The summed E-state index contributed by atoms with van der Waals surface area (Å²) >= 11 is 2.83. The lowest BCUT2D eigenvalue weighted by Gasteiger charge is -2.04. The number of ether oxygens (including phenoxy) is 1. The molecule has 6 nitrogen and oxygen atoms in total. The molecule has 1 aromatic rings. The van der Waals surface area contributed by atoms with Gasteiger partial charge in [0.05, 0.1) is 7.11 Å². The van der Waals surface area contributed by atoms with Gasteiger partial charge in [-0.3, -0.25) is 9.08 Å². The maximum absolute atomic E-state index is 12.1. The number of rotatable bonds is 11. The van der Waals surface area contributed by atoms with Crippen molar-refractivity contribution in [3.8, 4) is 5.75 Å². The number of methoxy groups -OCH3 is 1. The van der Waals surface area contributed by atoms with Crippen LogP contribution < -0.4 is 4.74 Å². The first kappa shape index (κ1) is 22.9. The zero-order chi connectivity index (χ0) is 19.4. The van der Waals surface area contributed by atoms with Gasteiger partial charge in [-0.25, -0.2) is 0 Å². The second-order valence-electron chi connectivity index (χ2n) is 5.42. The molecular formula is C17H25NO5S3. The van der Waals surface area contributed by atoms with E-state index in [-0.39, 0.29) is 10.0 Å². The molecule has 0 atom stereocenters. The van der Waals surface area contributed by atoms with E-state index in [0.717, 1.165) is 37.2 Å². The van der Waals surface area contributed by atoms with Crippen molar-refractivity contribution >= 4 is 43.8 Å². The number of hydrogen-bond acceptors (Lipinski definition) is 8. The summed E-state index contributed by atoms with van der Waals surface area (Å²) in [5, 5.41) is 4.43. The molecule has 9 heteroatoms. The number of thioether (sulfide) groups is 2. The van der Waals surface area contributed by atoms with Crippen LogP contribution in [0.5, 0.6) is 5.75 Å². The number of nitrogens with zero attached hydrogens (tertiary/aromatic N) is 1. The summed E-state index contributed by atoms with van der Waals surface area (Å²) in [6, 6.07) is 5.93. The molecule has 0 N–H and O–H groups in total. The Hall–Kier alpha value is -1.19. The van der Waals surface area contributed by atoms with Gasteiger partial charge in [0.1, 0.15) is 15.7 Å². The van der Waals surface area contributed by atoms with Crippen LogP contribution in [0.15, 0.2) is 34.3 Å². The molecule has 0 unspecified atom stereocenters. The Morgan fingerprint density at radius 1 is 1.00 bits per heavy atom. The van der Waals surface area contributed by atoms with Crippen molar-refractivity contribution in [2.24, 2.45) is 5.16 Å². The molecule has 0 radical (unpaired) electrons. The number of unbranched alkanes of at least 4 members (excludes halogenated alkanes) is 3. The smallest absolute Gasteiger partial charge is 0.358 e. The van der Waals surface area contributed by atoms with Gasteiger partial charge in [-0.1, -0.05) is 29.8 Å². The fraction of sp³-hybridized carbons (Fsp3) is 0.529. The summed E-state index contributed by atoms with van der Waals surface area (Å²) in [7, 11) is -2.41. The molecule has 0 bridgehead atoms. The van der Waals surface area contributed by atoms with Crippen LogP contribution in [0.4, 0.5) is 0 Å². The highest BCUT2D eigenvalue weighted by Crippen LogP contribution is 2.18. The predicted octanol–water partition coefficient (Wildman–Crippen LogP) is 4.31. The van der Waals surface area contributed by atoms with E-state index in [0.29, 0.717) is 10.8 Å². The van der Waals surface area contributed by atoms with Crippen molar-refractivity contribution in [2.75, 3.05) is 18.6 Å². The van der Waals surface area contributed by atoms with Crippen LogP contribution in [-0.2, 0) is 19.2 Å². The van der Waals surface area contributed by atoms with Gasteiger partial charge in [-0.05, 0) is 49.8 Å². The molecule has 1 aromatic carbocycles. The topological polar surface area (TPSA) is 82.0 Å². The van der Waals surface area contributed by atoms with E-state index in [1.165, 1.54) is 42.8 Å². The van der Waals surface area contributed by atoms with E-state index in [2.05, 4.69) is 5.16 Å². The Morgan fingerprint density at radius 3 is 2.12 bits per heavy atom. The monoisotopic (exact) mass is 419 g/mol. The third-order valence-electron chi connectivity index (χ3n) is 3.27. The lowest BCUT2D eigenvalue weighted by molar-refractivity contribution is -0.109. The second-order valence-corrected chi connectivity index (χ2v) is 9.51. The maximum Gasteiger partial charge on any atom is 0.358 e. The Balaban J connectivity index is 2.28. The number of oxime groups is 1. The zero-order valence-electron chi connectivity index (χ0n) is 15.3. The fourth-order valence-corrected chi connectivity index (χ4v) is 4.09. The average molecular weight is 420 g/mol. The zero-order valence-corrected chi connectivity index (χ0v) is 17.7. The van der Waals surface area contributed by atoms with Crippen LogP contribution in [0, 0.1) is 0 Å². The fourth-order valence-electron chi connectivity index (χ4n) is 1.91. The molecule has 1 rings (SSSR count). The van der Waals surface area contributed by atoms with Crippen LogP contribution in [0.3, 0.4) is 0 Å². The third-order valence-corrected chi connectivity index (χ3v) is 6.27. The molecular weight excluding hydrogens is 394 g/mol. The van der Waals surface area contributed by atoms with Gasteiger partial charge < -0.3 is 4.74 Å². The first-order chi connectivity index (χ1) is 12.3. The quantitative estimate of drug-likeness (QED) is 0.229. The van der Waals surface area contributed by atoms with E-state index < -0.39 is 10.1 Å². The van der Waals surface area contributed by atoms with Gasteiger partial charge in [0.2, 0.25) is 0 Å². The van der Waals surface area contributed by atoms with E-state index in [4.69, 9.17) is 9.02 Å². The van der Waals surface area contributed by atoms with E-state index in [9.17, 15) is 13.2 Å². The van der Waals surface area contributed by atoms with E-state index in [1.54, 1.807) is 26.0 Å². The van der Waals surface area contributed by atoms with Gasteiger partial charge in [-0.2, -0.15) is 8.42 Å². The van der Waals surface area contributed by atoms with Crippen LogP contribution >= 0.6 is 23.5 Å². The SMILES string of the molecule is COc1ccc(S(=O)(=O)O/N=C(/C)SCCCCCCSC(C)=O)cc1. The molecule has 0 aliphatic heterocycles. The normalized spacial score (nSPS) is 12.0. The van der Waals surface area contributed by atoms with Gasteiger partial charge in [-0.15, -0.1) is 11.8 Å². The Bertz CT molecular complexity index is 687. The van der Waals surface area contributed by atoms with Crippen molar-refractivity contribution < 1.29 is 22.2 Å². The minimum atomic E-state index is -3.92. The van der Waals surface area contributed by atoms with Gasteiger partial charge in [0.15, 0.2) is 5.12 Å². The first-order valence-electron chi connectivity index (χ1n) is 8.23. The highest BCUT2D eigenvalue weighted by Gasteiger charge is 2.15. The van der Waals surface area contributed by atoms with Crippen LogP contribution in [0.1, 0.15) is 39.5 Å². The predicted molar refractivity (Wildman–Crippen MR) is 108 cm³/mol. The Labute approximate surface area is 164 Å². The average Bonchev–Trinajstić information content (AvgIpc) is 2.62. The van der Waals surface area contributed by atoms with Crippen molar-refractivity contribution in [3.63, 3.8) is 0 Å². The molecule has 0 aliphatic rings. The van der Waals surface area contributed by atoms with Crippen LogP contribution in [0.25, 0.3) is 0 Å². The van der Waals surface area contributed by atoms with Gasteiger partial charge in [0.25, 0.3) is 0 Å². The second kappa shape index (κ2) is 12.2. The first-order valence-corrected chi connectivity index (χ1v) is 11.6. The summed E-state index contributed by atoms with van der Waals surface area (Å²) in [5.74, 6) is 2.29. The number of carbonyl (C=O) groups is 1. The molecule has 0 amide bonds. The molecule has 0 fully saturated rings. The number of benzene rings is 1. The molecule has 0 saturated carbocycles. The Morgan fingerprint density at radius 2 is 1.58 bits per heavy atom. The summed E-state index contributed by atoms with van der Waals surface area (Å²) in [6.45, 7) is 3.30. The minimum absolute atomic E-state index is 0.0308. The highest BCUT2D eigenvalue weighted by molar-refractivity contribution is 8.14. The number of hydrogen-bond donors (Lipinski definition) is 0. The van der Waals surface area contributed by atoms with Gasteiger partial charge >= 0.3 is 10.1 Å².